The van der Waals surface area contributed by atoms with Crippen molar-refractivity contribution < 1.29 is 19.1 Å². The Balaban J connectivity index is 1.69. The van der Waals surface area contributed by atoms with Gasteiger partial charge in [-0.05, 0) is 49.2 Å². The molecule has 158 valence electrons. The van der Waals surface area contributed by atoms with Crippen molar-refractivity contribution in [3.63, 3.8) is 0 Å². The molecule has 31 heavy (non-hydrogen) atoms. The summed E-state index contributed by atoms with van der Waals surface area (Å²) in [4.78, 5) is 37.5. The van der Waals surface area contributed by atoms with Crippen LogP contribution in [0.25, 0.3) is 0 Å². The van der Waals surface area contributed by atoms with Crippen molar-refractivity contribution in [1.82, 2.24) is 5.32 Å². The first-order chi connectivity index (χ1) is 14.9. The number of anilines is 1. The maximum atomic E-state index is 13.0. The normalized spacial score (nSPS) is 11.3. The number of hydrogen-bond acceptors (Lipinski definition) is 4. The average Bonchev–Trinajstić information content (AvgIpc) is 2.76. The van der Waals surface area contributed by atoms with E-state index in [1.807, 2.05) is 38.1 Å². The van der Waals surface area contributed by atoms with Gasteiger partial charge in [-0.15, -0.1) is 0 Å². The lowest BCUT2D eigenvalue weighted by molar-refractivity contribution is -0.153. The topological polar surface area (TPSA) is 84.5 Å². The van der Waals surface area contributed by atoms with Crippen molar-refractivity contribution in [3.8, 4) is 0 Å². The van der Waals surface area contributed by atoms with Gasteiger partial charge in [0.15, 0.2) is 0 Å². The first-order valence-electron chi connectivity index (χ1n) is 9.89. The van der Waals surface area contributed by atoms with Crippen molar-refractivity contribution in [2.24, 2.45) is 0 Å². The molecule has 0 bridgehead atoms. The number of esters is 1. The van der Waals surface area contributed by atoms with E-state index in [-0.39, 0.29) is 6.54 Å². The first kappa shape index (κ1) is 21.8. The van der Waals surface area contributed by atoms with Crippen LogP contribution in [0.4, 0.5) is 5.69 Å². The van der Waals surface area contributed by atoms with Gasteiger partial charge >= 0.3 is 5.97 Å². The fourth-order valence-electron chi connectivity index (χ4n) is 3.17. The number of benzene rings is 3. The van der Waals surface area contributed by atoms with Crippen LogP contribution in [0.15, 0.2) is 78.9 Å². The molecule has 3 rings (SSSR count). The molecule has 0 heterocycles. The predicted octanol–water partition coefficient (Wildman–Crippen LogP) is 3.96. The molecular formula is C25H24N2O4. The van der Waals surface area contributed by atoms with Gasteiger partial charge in [-0.1, -0.05) is 54.6 Å². The zero-order chi connectivity index (χ0) is 22.2. The summed E-state index contributed by atoms with van der Waals surface area (Å²) in [5.74, 6) is -1.58. The lowest BCUT2D eigenvalue weighted by atomic mass is 10.1. The molecular weight excluding hydrogens is 392 g/mol. The molecule has 0 aliphatic rings. The SMILES string of the molecule is Cc1cc(C)cc(NC(=O)[C@@H](OC(=O)CNC(=O)c2ccccc2)c2ccccc2)c1. The molecule has 0 spiro atoms. The molecule has 2 N–H and O–H groups in total. The Morgan fingerprint density at radius 1 is 0.839 bits per heavy atom. The molecule has 6 heteroatoms. The fourth-order valence-corrected chi connectivity index (χ4v) is 3.17. The summed E-state index contributed by atoms with van der Waals surface area (Å²) in [5.41, 5.74) is 3.60. The summed E-state index contributed by atoms with van der Waals surface area (Å²) in [6, 6.07) is 23.0. The molecule has 0 unspecified atom stereocenters. The van der Waals surface area contributed by atoms with Crippen LogP contribution in [0.3, 0.4) is 0 Å². The second-order valence-corrected chi connectivity index (χ2v) is 7.19. The van der Waals surface area contributed by atoms with Gasteiger partial charge in [0.2, 0.25) is 6.10 Å². The Kier molecular flexibility index (Phi) is 7.17. The summed E-state index contributed by atoms with van der Waals surface area (Å²) >= 11 is 0. The van der Waals surface area contributed by atoms with E-state index in [0.717, 1.165) is 11.1 Å². The second-order valence-electron chi connectivity index (χ2n) is 7.19. The van der Waals surface area contributed by atoms with E-state index in [2.05, 4.69) is 10.6 Å². The number of hydrogen-bond donors (Lipinski definition) is 2. The highest BCUT2D eigenvalue weighted by Crippen LogP contribution is 2.21. The molecule has 3 aromatic carbocycles. The quantitative estimate of drug-likeness (QED) is 0.571. The van der Waals surface area contributed by atoms with E-state index in [4.69, 9.17) is 4.74 Å². The molecule has 0 radical (unpaired) electrons. The largest absolute Gasteiger partial charge is 0.446 e. The van der Waals surface area contributed by atoms with E-state index in [1.165, 1.54) is 0 Å². The fraction of sp³-hybridized carbons (Fsp3) is 0.160. The van der Waals surface area contributed by atoms with Crippen molar-refractivity contribution in [2.75, 3.05) is 11.9 Å². The number of aryl methyl sites for hydroxylation is 2. The number of ether oxygens (including phenoxy) is 1. The first-order valence-corrected chi connectivity index (χ1v) is 9.89. The Labute approximate surface area is 181 Å². The average molecular weight is 416 g/mol. The molecule has 0 aliphatic heterocycles. The maximum Gasteiger partial charge on any atom is 0.326 e. The van der Waals surface area contributed by atoms with Crippen molar-refractivity contribution in [2.45, 2.75) is 20.0 Å². The van der Waals surface area contributed by atoms with Crippen molar-refractivity contribution in [3.05, 3.63) is 101 Å². The van der Waals surface area contributed by atoms with Gasteiger partial charge in [-0.2, -0.15) is 0 Å². The third-order valence-corrected chi connectivity index (χ3v) is 4.51. The molecule has 0 fully saturated rings. The Morgan fingerprint density at radius 3 is 2.03 bits per heavy atom. The third kappa shape index (κ3) is 6.27. The zero-order valence-electron chi connectivity index (χ0n) is 17.4. The van der Waals surface area contributed by atoms with Crippen LogP contribution >= 0.6 is 0 Å². The third-order valence-electron chi connectivity index (χ3n) is 4.51. The van der Waals surface area contributed by atoms with E-state index < -0.39 is 23.9 Å². The number of amides is 2. The number of carbonyl (C=O) groups is 3. The number of nitrogens with one attached hydrogen (secondary N) is 2. The van der Waals surface area contributed by atoms with Crippen molar-refractivity contribution >= 4 is 23.5 Å². The molecule has 0 saturated heterocycles. The highest BCUT2D eigenvalue weighted by molar-refractivity contribution is 5.98. The van der Waals surface area contributed by atoms with Gasteiger partial charge in [0.25, 0.3) is 11.8 Å². The van der Waals surface area contributed by atoms with Gasteiger partial charge in [0.05, 0.1) is 0 Å². The van der Waals surface area contributed by atoms with Crippen LogP contribution in [-0.4, -0.2) is 24.3 Å². The van der Waals surface area contributed by atoms with E-state index >= 15 is 0 Å². The van der Waals surface area contributed by atoms with Gasteiger partial charge < -0.3 is 15.4 Å². The Morgan fingerprint density at radius 2 is 1.42 bits per heavy atom. The lowest BCUT2D eigenvalue weighted by Gasteiger charge is -2.18. The molecule has 3 aromatic rings. The smallest absolute Gasteiger partial charge is 0.326 e. The molecule has 0 saturated carbocycles. The van der Waals surface area contributed by atoms with Gasteiger partial charge in [-0.25, -0.2) is 0 Å². The zero-order valence-corrected chi connectivity index (χ0v) is 17.4. The highest BCUT2D eigenvalue weighted by Gasteiger charge is 2.25. The number of rotatable bonds is 7. The van der Waals surface area contributed by atoms with E-state index in [9.17, 15) is 14.4 Å². The minimum atomic E-state index is -1.15. The monoisotopic (exact) mass is 416 g/mol. The number of carbonyl (C=O) groups excluding carboxylic acids is 3. The predicted molar refractivity (Wildman–Crippen MR) is 119 cm³/mol. The lowest BCUT2D eigenvalue weighted by Crippen LogP contribution is -2.33. The minimum absolute atomic E-state index is 0.353. The van der Waals surface area contributed by atoms with Crippen LogP contribution in [-0.2, 0) is 14.3 Å². The van der Waals surface area contributed by atoms with E-state index in [1.54, 1.807) is 54.6 Å². The van der Waals surface area contributed by atoms with Crippen LogP contribution in [0.5, 0.6) is 0 Å². The van der Waals surface area contributed by atoms with Crippen LogP contribution in [0.2, 0.25) is 0 Å². The summed E-state index contributed by atoms with van der Waals surface area (Å²) in [5, 5.41) is 5.33. The Hall–Kier alpha value is -3.93. The summed E-state index contributed by atoms with van der Waals surface area (Å²) in [6.07, 6.45) is -1.15. The van der Waals surface area contributed by atoms with Crippen LogP contribution in [0.1, 0.15) is 33.2 Å². The van der Waals surface area contributed by atoms with Gasteiger partial charge in [-0.3, -0.25) is 14.4 Å². The molecule has 6 nitrogen and oxygen atoms in total. The van der Waals surface area contributed by atoms with Gasteiger partial charge in [0, 0.05) is 16.8 Å². The molecule has 0 aliphatic carbocycles. The minimum Gasteiger partial charge on any atom is -0.446 e. The summed E-state index contributed by atoms with van der Waals surface area (Å²) in [6.45, 7) is 3.52. The standard InChI is InChI=1S/C25H24N2O4/c1-17-13-18(2)15-21(14-17)27-25(30)23(19-9-5-3-6-10-19)31-22(28)16-26-24(29)20-11-7-4-8-12-20/h3-15,23H,16H2,1-2H3,(H,26,29)(H,27,30)/t23-/m0/s1. The van der Waals surface area contributed by atoms with Crippen molar-refractivity contribution in [1.29, 1.82) is 0 Å². The highest BCUT2D eigenvalue weighted by atomic mass is 16.5. The molecule has 2 amide bonds. The van der Waals surface area contributed by atoms with Gasteiger partial charge in [0.1, 0.15) is 6.54 Å². The molecule has 1 atom stereocenters. The van der Waals surface area contributed by atoms with Crippen LogP contribution < -0.4 is 10.6 Å². The van der Waals surface area contributed by atoms with E-state index in [0.29, 0.717) is 16.8 Å². The molecule has 0 aromatic heterocycles. The Bertz CT molecular complexity index is 1050. The maximum absolute atomic E-state index is 13.0. The second kappa shape index (κ2) is 10.2. The summed E-state index contributed by atoms with van der Waals surface area (Å²) < 4.78 is 5.45. The summed E-state index contributed by atoms with van der Waals surface area (Å²) in [7, 11) is 0. The van der Waals surface area contributed by atoms with Crippen LogP contribution in [0, 0.1) is 13.8 Å².